The Morgan fingerprint density at radius 1 is 0.963 bits per heavy atom. The highest BCUT2D eigenvalue weighted by atomic mass is 32.2. The summed E-state index contributed by atoms with van der Waals surface area (Å²) < 4.78 is 57.0. The van der Waals surface area contributed by atoms with Gasteiger partial charge in [-0.15, -0.1) is 4.40 Å². The Labute approximate surface area is 156 Å². The predicted octanol–water partition coefficient (Wildman–Crippen LogP) is 3.78. The van der Waals surface area contributed by atoms with Gasteiger partial charge in [-0.05, 0) is 17.7 Å². The van der Waals surface area contributed by atoms with Gasteiger partial charge in [-0.3, -0.25) is 0 Å². The molecule has 0 bridgehead atoms. The summed E-state index contributed by atoms with van der Waals surface area (Å²) in [4.78, 5) is 1.75. The van der Waals surface area contributed by atoms with E-state index < -0.39 is 15.9 Å². The van der Waals surface area contributed by atoms with Crippen molar-refractivity contribution in [3.63, 3.8) is 0 Å². The van der Waals surface area contributed by atoms with Crippen LogP contribution in [-0.2, 0) is 15.9 Å². The van der Waals surface area contributed by atoms with E-state index in [0.717, 1.165) is 0 Å². The molecule has 0 N–H and O–H groups in total. The highest BCUT2D eigenvalue weighted by molar-refractivity contribution is 7.90. The minimum Gasteiger partial charge on any atom is -0.331 e. The van der Waals surface area contributed by atoms with E-state index in [-0.39, 0.29) is 16.9 Å². The molecule has 0 saturated heterocycles. The van der Waals surface area contributed by atoms with Crippen LogP contribution >= 0.6 is 0 Å². The maximum atomic E-state index is 14.7. The van der Waals surface area contributed by atoms with Crippen LogP contribution in [0.1, 0.15) is 16.7 Å². The molecule has 0 fully saturated rings. The lowest BCUT2D eigenvalue weighted by molar-refractivity contribution is 0.0428. The van der Waals surface area contributed by atoms with Crippen molar-refractivity contribution in [1.82, 2.24) is 4.90 Å². The van der Waals surface area contributed by atoms with Crippen molar-refractivity contribution in [3.8, 4) is 0 Å². The zero-order chi connectivity index (χ0) is 19.1. The highest BCUT2D eigenvalue weighted by Gasteiger charge is 2.34. The van der Waals surface area contributed by atoms with Crippen molar-refractivity contribution in [2.24, 2.45) is 4.40 Å². The number of halogens is 2. The van der Waals surface area contributed by atoms with E-state index in [1.165, 1.54) is 24.3 Å². The second kappa shape index (κ2) is 6.42. The molecule has 0 spiro atoms. The van der Waals surface area contributed by atoms with Crippen LogP contribution in [0.3, 0.4) is 0 Å². The zero-order valence-corrected chi connectivity index (χ0v) is 15.0. The van der Waals surface area contributed by atoms with Crippen molar-refractivity contribution >= 4 is 21.4 Å². The van der Waals surface area contributed by atoms with Crippen LogP contribution in [0, 0.1) is 0 Å². The summed E-state index contributed by atoms with van der Waals surface area (Å²) in [6.45, 7) is 0.319. The minimum absolute atomic E-state index is 0.0453. The first kappa shape index (κ1) is 17.6. The summed E-state index contributed by atoms with van der Waals surface area (Å²) in [5, 5.41) is 0. The zero-order valence-electron chi connectivity index (χ0n) is 14.2. The molecule has 2 aliphatic rings. The SMILES string of the molecule is O=S1(=O)CCN2C=CC=C(c3ccc(C(F)(F)c4ccccc4)cc3)C2=N1. The predicted molar refractivity (Wildman–Crippen MR) is 101 cm³/mol. The van der Waals surface area contributed by atoms with Gasteiger partial charge >= 0.3 is 0 Å². The molecule has 4 nitrogen and oxygen atoms in total. The van der Waals surface area contributed by atoms with Crippen molar-refractivity contribution in [1.29, 1.82) is 0 Å². The van der Waals surface area contributed by atoms with Crippen molar-refractivity contribution in [2.45, 2.75) is 5.92 Å². The van der Waals surface area contributed by atoms with E-state index in [4.69, 9.17) is 0 Å². The molecule has 2 aromatic carbocycles. The number of benzene rings is 2. The Morgan fingerprint density at radius 3 is 2.33 bits per heavy atom. The summed E-state index contributed by atoms with van der Waals surface area (Å²) >= 11 is 0. The molecule has 0 unspecified atom stereocenters. The van der Waals surface area contributed by atoms with Crippen LogP contribution in [0.4, 0.5) is 8.78 Å². The van der Waals surface area contributed by atoms with Crippen molar-refractivity contribution in [2.75, 3.05) is 12.3 Å². The number of nitrogens with zero attached hydrogens (tertiary/aromatic N) is 2. The van der Waals surface area contributed by atoms with Crippen LogP contribution in [0.15, 0.2) is 77.3 Å². The molecule has 0 aromatic heterocycles. The third kappa shape index (κ3) is 3.30. The van der Waals surface area contributed by atoms with E-state index in [1.54, 1.807) is 53.6 Å². The molecule has 2 aliphatic heterocycles. The van der Waals surface area contributed by atoms with Gasteiger partial charge in [0, 0.05) is 29.4 Å². The number of hydrogen-bond donors (Lipinski definition) is 0. The fourth-order valence-corrected chi connectivity index (χ4v) is 4.10. The number of hydrogen-bond acceptors (Lipinski definition) is 3. The fraction of sp³-hybridized carbons (Fsp3) is 0.150. The Bertz CT molecular complexity index is 1060. The van der Waals surface area contributed by atoms with Gasteiger partial charge in [-0.25, -0.2) is 8.42 Å². The number of allylic oxidation sites excluding steroid dienone is 2. The smallest absolute Gasteiger partial charge is 0.298 e. The average Bonchev–Trinajstić information content (AvgIpc) is 2.68. The minimum atomic E-state index is -3.51. The lowest BCUT2D eigenvalue weighted by Crippen LogP contribution is -2.37. The molecular formula is C20H16F2N2O2S. The van der Waals surface area contributed by atoms with E-state index in [2.05, 4.69) is 4.40 Å². The van der Waals surface area contributed by atoms with Crippen LogP contribution < -0.4 is 0 Å². The molecule has 2 aromatic rings. The van der Waals surface area contributed by atoms with Gasteiger partial charge in [0.1, 0.15) is 0 Å². The molecule has 27 heavy (non-hydrogen) atoms. The molecule has 0 atom stereocenters. The molecule has 4 rings (SSSR count). The third-order valence-electron chi connectivity index (χ3n) is 4.55. The van der Waals surface area contributed by atoms with Crippen molar-refractivity contribution < 1.29 is 17.2 Å². The van der Waals surface area contributed by atoms with Gasteiger partial charge in [-0.2, -0.15) is 8.78 Å². The highest BCUT2D eigenvalue weighted by Crippen LogP contribution is 2.36. The Balaban J connectivity index is 1.70. The number of sulfonamides is 1. The molecule has 2 heterocycles. The van der Waals surface area contributed by atoms with Crippen LogP contribution in [0.25, 0.3) is 5.57 Å². The van der Waals surface area contributed by atoms with Crippen LogP contribution in [-0.4, -0.2) is 31.5 Å². The second-order valence-electron chi connectivity index (χ2n) is 6.33. The number of alkyl halides is 2. The Morgan fingerprint density at radius 2 is 1.63 bits per heavy atom. The van der Waals surface area contributed by atoms with E-state index in [0.29, 0.717) is 23.5 Å². The summed E-state index contributed by atoms with van der Waals surface area (Å²) in [6.07, 6.45) is 5.29. The van der Waals surface area contributed by atoms with Crippen LogP contribution in [0.2, 0.25) is 0 Å². The van der Waals surface area contributed by atoms with Gasteiger partial charge in [0.05, 0.1) is 5.75 Å². The lowest BCUT2D eigenvalue weighted by atomic mass is 9.96. The fourth-order valence-electron chi connectivity index (χ4n) is 3.11. The molecule has 0 radical (unpaired) electrons. The van der Waals surface area contributed by atoms with Crippen LogP contribution in [0.5, 0.6) is 0 Å². The number of rotatable bonds is 3. The maximum Gasteiger partial charge on any atom is 0.298 e. The first-order valence-corrected chi connectivity index (χ1v) is 10.0. The van der Waals surface area contributed by atoms with Gasteiger partial charge in [0.25, 0.3) is 15.9 Å². The first-order chi connectivity index (χ1) is 12.9. The quantitative estimate of drug-likeness (QED) is 0.807. The summed E-state index contributed by atoms with van der Waals surface area (Å²) in [5.74, 6) is -2.83. The first-order valence-electron chi connectivity index (χ1n) is 8.39. The monoisotopic (exact) mass is 386 g/mol. The topological polar surface area (TPSA) is 49.7 Å². The van der Waals surface area contributed by atoms with Gasteiger partial charge in [-0.1, -0.05) is 54.6 Å². The molecule has 138 valence electrons. The maximum absolute atomic E-state index is 14.7. The number of fused-ring (bicyclic) bond motifs is 1. The van der Waals surface area contributed by atoms with E-state index >= 15 is 0 Å². The third-order valence-corrected chi connectivity index (χ3v) is 5.70. The van der Waals surface area contributed by atoms with Crippen molar-refractivity contribution in [3.05, 3.63) is 89.6 Å². The Kier molecular flexibility index (Phi) is 4.19. The summed E-state index contributed by atoms with van der Waals surface area (Å²) in [5.41, 5.74) is 1.02. The van der Waals surface area contributed by atoms with Gasteiger partial charge < -0.3 is 4.90 Å². The summed E-state index contributed by atoms with van der Waals surface area (Å²) in [7, 11) is -3.51. The number of amidine groups is 1. The van der Waals surface area contributed by atoms with Gasteiger partial charge in [0.15, 0.2) is 5.84 Å². The summed E-state index contributed by atoms with van der Waals surface area (Å²) in [6, 6.07) is 13.5. The molecule has 7 heteroatoms. The molecule has 0 amide bonds. The van der Waals surface area contributed by atoms with E-state index in [1.807, 2.05) is 0 Å². The molecular weight excluding hydrogens is 370 g/mol. The Hall–Kier alpha value is -2.80. The van der Waals surface area contributed by atoms with Gasteiger partial charge in [0.2, 0.25) is 0 Å². The average molecular weight is 386 g/mol. The largest absolute Gasteiger partial charge is 0.331 e. The molecule has 0 saturated carbocycles. The standard InChI is InChI=1S/C20H16F2N2O2S/c21-20(22,16-5-2-1-3-6-16)17-10-8-15(9-11-17)18-7-4-12-24-13-14-27(25,26)23-19(18)24/h1-12H,13-14H2. The normalized spacial score (nSPS) is 18.5. The lowest BCUT2D eigenvalue weighted by Gasteiger charge is -2.29. The van der Waals surface area contributed by atoms with E-state index in [9.17, 15) is 17.2 Å². The second-order valence-corrected chi connectivity index (χ2v) is 8.09. The molecule has 0 aliphatic carbocycles.